The van der Waals surface area contributed by atoms with Crippen molar-refractivity contribution in [2.75, 3.05) is 6.61 Å². The Kier molecular flexibility index (Phi) is 4.64. The Labute approximate surface area is 187 Å². The fourth-order valence-corrected chi connectivity index (χ4v) is 9.72. The van der Waals surface area contributed by atoms with E-state index in [1.54, 1.807) is 0 Å². The van der Waals surface area contributed by atoms with E-state index in [4.69, 9.17) is 9.47 Å². The van der Waals surface area contributed by atoms with Crippen molar-refractivity contribution in [2.45, 2.75) is 103 Å². The standard InChI is InChI=1S/C27H42O4/c1-15-7-10-27(30-14-15)16(2)24-22(31-27)13-21-19-6-5-17-11-18(28)12-23(29)26(17,4)20(19)8-9-25(21,24)3/h5,15-16,18-24,28-29H,6-14H2,1-4H3/t15-,16+,18-,19-,20?,21?,22+,23-,24?,25+,26+,27-/m1/s1. The predicted molar refractivity (Wildman–Crippen MR) is 119 cm³/mol. The highest BCUT2D eigenvalue weighted by molar-refractivity contribution is 5.28. The van der Waals surface area contributed by atoms with Gasteiger partial charge in [0.25, 0.3) is 0 Å². The maximum Gasteiger partial charge on any atom is 0.171 e. The van der Waals surface area contributed by atoms with Crippen molar-refractivity contribution in [1.29, 1.82) is 0 Å². The monoisotopic (exact) mass is 430 g/mol. The van der Waals surface area contributed by atoms with Gasteiger partial charge in [-0.2, -0.15) is 0 Å². The Morgan fingerprint density at radius 1 is 1.03 bits per heavy atom. The van der Waals surface area contributed by atoms with Crippen molar-refractivity contribution in [1.82, 2.24) is 0 Å². The van der Waals surface area contributed by atoms with Gasteiger partial charge in [-0.3, -0.25) is 0 Å². The van der Waals surface area contributed by atoms with E-state index in [2.05, 4.69) is 33.8 Å². The summed E-state index contributed by atoms with van der Waals surface area (Å²) < 4.78 is 13.3. The number of allylic oxidation sites excluding steroid dienone is 1. The van der Waals surface area contributed by atoms with Crippen LogP contribution >= 0.6 is 0 Å². The molecule has 174 valence electrons. The molecule has 2 heterocycles. The smallest absolute Gasteiger partial charge is 0.171 e. The summed E-state index contributed by atoms with van der Waals surface area (Å²) in [5, 5.41) is 21.4. The zero-order chi connectivity index (χ0) is 21.8. The third-order valence-corrected chi connectivity index (χ3v) is 11.4. The molecule has 2 aliphatic heterocycles. The quantitative estimate of drug-likeness (QED) is 0.548. The lowest BCUT2D eigenvalue weighted by molar-refractivity contribution is -0.272. The molecule has 4 nitrogen and oxygen atoms in total. The first-order valence-electron chi connectivity index (χ1n) is 13.1. The molecule has 6 aliphatic rings. The first-order chi connectivity index (χ1) is 14.7. The van der Waals surface area contributed by atoms with Crippen molar-refractivity contribution in [3.05, 3.63) is 11.6 Å². The summed E-state index contributed by atoms with van der Waals surface area (Å²) in [5.74, 6) is 3.17. The van der Waals surface area contributed by atoms with Crippen molar-refractivity contribution >= 4 is 0 Å². The summed E-state index contributed by atoms with van der Waals surface area (Å²) in [7, 11) is 0. The summed E-state index contributed by atoms with van der Waals surface area (Å²) in [6.07, 6.45) is 10.2. The highest BCUT2D eigenvalue weighted by Gasteiger charge is 2.69. The third kappa shape index (κ3) is 2.68. The minimum Gasteiger partial charge on any atom is -0.393 e. The van der Waals surface area contributed by atoms with Crippen LogP contribution in [0.15, 0.2) is 11.6 Å². The van der Waals surface area contributed by atoms with Crippen LogP contribution in [0.1, 0.15) is 79.1 Å². The Morgan fingerprint density at radius 2 is 1.84 bits per heavy atom. The zero-order valence-corrected chi connectivity index (χ0v) is 19.8. The fourth-order valence-electron chi connectivity index (χ4n) is 9.72. The Hall–Kier alpha value is -0.420. The summed E-state index contributed by atoms with van der Waals surface area (Å²) in [4.78, 5) is 0. The third-order valence-electron chi connectivity index (χ3n) is 11.4. The molecule has 2 saturated heterocycles. The average molecular weight is 431 g/mol. The molecule has 0 radical (unpaired) electrons. The number of hydrogen-bond donors (Lipinski definition) is 2. The van der Waals surface area contributed by atoms with Gasteiger partial charge in [-0.25, -0.2) is 0 Å². The molecule has 0 amide bonds. The predicted octanol–water partition coefficient (Wildman–Crippen LogP) is 4.68. The van der Waals surface area contributed by atoms with Gasteiger partial charge >= 0.3 is 0 Å². The number of ether oxygens (including phenoxy) is 2. The van der Waals surface area contributed by atoms with Crippen molar-refractivity contribution in [3.63, 3.8) is 0 Å². The molecule has 6 rings (SSSR count). The second-order valence-electron chi connectivity index (χ2n) is 12.8. The molecule has 0 aromatic carbocycles. The van der Waals surface area contributed by atoms with Gasteiger partial charge in [-0.05, 0) is 73.5 Å². The molecule has 4 aliphatic carbocycles. The van der Waals surface area contributed by atoms with Gasteiger partial charge in [0.05, 0.1) is 24.9 Å². The van der Waals surface area contributed by atoms with Crippen LogP contribution in [0.4, 0.5) is 0 Å². The normalized spacial score (nSPS) is 60.7. The molecule has 5 fully saturated rings. The molecule has 1 spiro atoms. The van der Waals surface area contributed by atoms with Gasteiger partial charge in [-0.1, -0.05) is 39.3 Å². The van der Waals surface area contributed by atoms with Crippen LogP contribution in [0.25, 0.3) is 0 Å². The zero-order valence-electron chi connectivity index (χ0n) is 19.8. The van der Waals surface area contributed by atoms with Gasteiger partial charge in [-0.15, -0.1) is 0 Å². The van der Waals surface area contributed by atoms with Crippen LogP contribution in [-0.4, -0.2) is 40.9 Å². The van der Waals surface area contributed by atoms with E-state index in [-0.39, 0.29) is 17.3 Å². The number of aliphatic hydroxyl groups excluding tert-OH is 2. The van der Waals surface area contributed by atoms with Crippen LogP contribution in [0.2, 0.25) is 0 Å². The number of rotatable bonds is 0. The van der Waals surface area contributed by atoms with E-state index in [1.165, 1.54) is 24.8 Å². The van der Waals surface area contributed by atoms with Crippen molar-refractivity contribution in [3.8, 4) is 0 Å². The van der Waals surface area contributed by atoms with Crippen LogP contribution in [-0.2, 0) is 9.47 Å². The lowest BCUT2D eigenvalue weighted by Gasteiger charge is -2.59. The average Bonchev–Trinajstić information content (AvgIpc) is 3.16. The van der Waals surface area contributed by atoms with E-state index in [9.17, 15) is 10.2 Å². The maximum atomic E-state index is 11.1. The minimum absolute atomic E-state index is 0.155. The largest absolute Gasteiger partial charge is 0.393 e. The number of fused-ring (bicyclic) bond motifs is 7. The second-order valence-corrected chi connectivity index (χ2v) is 12.8. The Balaban J connectivity index is 1.29. The van der Waals surface area contributed by atoms with Gasteiger partial charge in [0.15, 0.2) is 5.79 Å². The number of aliphatic hydroxyl groups is 2. The molecular weight excluding hydrogens is 388 g/mol. The molecule has 4 heteroatoms. The van der Waals surface area contributed by atoms with Gasteiger partial charge in [0.2, 0.25) is 0 Å². The van der Waals surface area contributed by atoms with E-state index in [0.29, 0.717) is 53.4 Å². The molecule has 0 aromatic rings. The summed E-state index contributed by atoms with van der Waals surface area (Å²) >= 11 is 0. The van der Waals surface area contributed by atoms with Crippen LogP contribution in [0.5, 0.6) is 0 Å². The fraction of sp³-hybridized carbons (Fsp3) is 0.926. The van der Waals surface area contributed by atoms with Crippen molar-refractivity contribution in [2.24, 2.45) is 46.3 Å². The second kappa shape index (κ2) is 6.81. The molecule has 0 aromatic heterocycles. The van der Waals surface area contributed by atoms with E-state index < -0.39 is 6.10 Å². The Bertz CT molecular complexity index is 769. The highest BCUT2D eigenvalue weighted by Crippen LogP contribution is 2.70. The van der Waals surface area contributed by atoms with Crippen LogP contribution < -0.4 is 0 Å². The molecule has 31 heavy (non-hydrogen) atoms. The Morgan fingerprint density at radius 3 is 2.58 bits per heavy atom. The molecule has 12 atom stereocenters. The van der Waals surface area contributed by atoms with E-state index >= 15 is 0 Å². The lowest BCUT2D eigenvalue weighted by Crippen LogP contribution is -2.56. The minimum atomic E-state index is -0.420. The van der Waals surface area contributed by atoms with E-state index in [1.807, 2.05) is 0 Å². The maximum absolute atomic E-state index is 11.1. The summed E-state index contributed by atoms with van der Waals surface area (Å²) in [5.41, 5.74) is 1.48. The van der Waals surface area contributed by atoms with Crippen LogP contribution in [0, 0.1) is 46.3 Å². The number of hydrogen-bond acceptors (Lipinski definition) is 4. The summed E-state index contributed by atoms with van der Waals surface area (Å²) in [6.45, 7) is 10.4. The van der Waals surface area contributed by atoms with E-state index in [0.717, 1.165) is 32.3 Å². The van der Waals surface area contributed by atoms with Gasteiger partial charge < -0.3 is 19.7 Å². The van der Waals surface area contributed by atoms with Crippen LogP contribution in [0.3, 0.4) is 0 Å². The van der Waals surface area contributed by atoms with Gasteiger partial charge in [0, 0.05) is 24.2 Å². The van der Waals surface area contributed by atoms with Crippen molar-refractivity contribution < 1.29 is 19.7 Å². The SMILES string of the molecule is C[C@@H]1CC[C@@]2(OC1)O[C@H]1CC3[C@@H]4CC=C5C[C@@H](O)C[C@@H](O)[C@]5(C)C4CC[C@]3(C)C1[C@@H]2C. The molecule has 3 unspecified atom stereocenters. The molecular formula is C27H42O4. The topological polar surface area (TPSA) is 58.9 Å². The first kappa shape index (κ1) is 21.1. The lowest BCUT2D eigenvalue weighted by atomic mass is 9.46. The molecule has 2 N–H and O–H groups in total. The first-order valence-corrected chi connectivity index (χ1v) is 13.1. The summed E-state index contributed by atoms with van der Waals surface area (Å²) in [6, 6.07) is 0. The molecule has 3 saturated carbocycles. The van der Waals surface area contributed by atoms with Gasteiger partial charge in [0.1, 0.15) is 0 Å². The molecule has 0 bridgehead atoms. The highest BCUT2D eigenvalue weighted by atomic mass is 16.7.